The Bertz CT molecular complexity index is 1080. The molecule has 0 aliphatic heterocycles. The molecule has 0 unspecified atom stereocenters. The molecule has 0 bridgehead atoms. The number of para-hydroxylation sites is 1. The van der Waals surface area contributed by atoms with Crippen molar-refractivity contribution in [2.24, 2.45) is 0 Å². The van der Waals surface area contributed by atoms with Crippen LogP contribution in [0, 0.1) is 0 Å². The van der Waals surface area contributed by atoms with Crippen LogP contribution < -0.4 is 10.1 Å². The monoisotopic (exact) mass is 384 g/mol. The van der Waals surface area contributed by atoms with Gasteiger partial charge in [0.15, 0.2) is 5.82 Å². The van der Waals surface area contributed by atoms with Crippen molar-refractivity contribution in [3.63, 3.8) is 0 Å². The smallest absolute Gasteiger partial charge is 0.227 e. The number of rotatable bonds is 7. The van der Waals surface area contributed by atoms with Gasteiger partial charge in [-0.3, -0.25) is 4.79 Å². The zero-order valence-corrected chi connectivity index (χ0v) is 15.7. The summed E-state index contributed by atoms with van der Waals surface area (Å²) in [7, 11) is 0. The van der Waals surface area contributed by atoms with Gasteiger partial charge < -0.3 is 10.1 Å². The van der Waals surface area contributed by atoms with E-state index < -0.39 is 0 Å². The number of carbonyl (C=O) groups is 1. The summed E-state index contributed by atoms with van der Waals surface area (Å²) in [5.74, 6) is 1.18. The number of benzene rings is 2. The Morgan fingerprint density at radius 1 is 0.931 bits per heavy atom. The van der Waals surface area contributed by atoms with Gasteiger partial charge in [-0.05, 0) is 29.8 Å². The Kier molecular flexibility index (Phi) is 5.62. The van der Waals surface area contributed by atoms with Crippen LogP contribution in [0.3, 0.4) is 0 Å². The molecule has 0 aliphatic carbocycles. The average Bonchev–Trinajstić information content (AvgIpc) is 3.30. The first-order chi connectivity index (χ1) is 14.3. The molecule has 0 saturated heterocycles. The molecular weight excluding hydrogens is 364 g/mol. The van der Waals surface area contributed by atoms with E-state index in [1.165, 1.54) is 0 Å². The van der Waals surface area contributed by atoms with Crippen LogP contribution in [0.5, 0.6) is 5.75 Å². The van der Waals surface area contributed by atoms with Crippen molar-refractivity contribution in [2.45, 2.75) is 6.42 Å². The van der Waals surface area contributed by atoms with Crippen LogP contribution in [0.25, 0.3) is 16.9 Å². The predicted octanol–water partition coefficient (Wildman–Crippen LogP) is 4.34. The van der Waals surface area contributed by atoms with E-state index in [2.05, 4.69) is 15.4 Å². The Labute approximate surface area is 168 Å². The number of hydrogen-bond donors (Lipinski definition) is 1. The fraction of sp³-hybridized carbons (Fsp3) is 0.0870. The van der Waals surface area contributed by atoms with Crippen LogP contribution in [0.1, 0.15) is 6.42 Å². The van der Waals surface area contributed by atoms with E-state index in [0.717, 1.165) is 16.9 Å². The highest BCUT2D eigenvalue weighted by molar-refractivity contribution is 5.92. The Hall–Kier alpha value is -3.93. The number of hydrogen-bond acceptors (Lipinski definition) is 4. The van der Waals surface area contributed by atoms with Gasteiger partial charge in [0.1, 0.15) is 5.75 Å². The van der Waals surface area contributed by atoms with Crippen molar-refractivity contribution in [1.82, 2.24) is 14.8 Å². The molecule has 0 aliphatic rings. The molecule has 144 valence electrons. The summed E-state index contributed by atoms with van der Waals surface area (Å²) in [6.07, 6.45) is 5.33. The van der Waals surface area contributed by atoms with Gasteiger partial charge in [-0.15, -0.1) is 0 Å². The van der Waals surface area contributed by atoms with Crippen LogP contribution in [-0.2, 0) is 4.79 Å². The summed E-state index contributed by atoms with van der Waals surface area (Å²) in [4.78, 5) is 16.7. The zero-order valence-electron chi connectivity index (χ0n) is 15.7. The number of amides is 1. The maximum absolute atomic E-state index is 12.4. The first kappa shape index (κ1) is 18.4. The van der Waals surface area contributed by atoms with Gasteiger partial charge in [-0.2, -0.15) is 5.10 Å². The van der Waals surface area contributed by atoms with E-state index >= 15 is 0 Å². The van der Waals surface area contributed by atoms with E-state index in [-0.39, 0.29) is 18.9 Å². The number of aromatic nitrogens is 3. The van der Waals surface area contributed by atoms with Gasteiger partial charge in [0.05, 0.1) is 18.7 Å². The van der Waals surface area contributed by atoms with Crippen LogP contribution in [0.4, 0.5) is 5.69 Å². The third-order valence-corrected chi connectivity index (χ3v) is 4.34. The van der Waals surface area contributed by atoms with Gasteiger partial charge in [0, 0.05) is 24.2 Å². The second kappa shape index (κ2) is 8.84. The highest BCUT2D eigenvalue weighted by atomic mass is 16.5. The summed E-state index contributed by atoms with van der Waals surface area (Å²) in [5.41, 5.74) is 2.68. The highest BCUT2D eigenvalue weighted by Gasteiger charge is 2.11. The maximum Gasteiger partial charge on any atom is 0.227 e. The number of anilines is 1. The number of pyridine rings is 1. The van der Waals surface area contributed by atoms with E-state index in [1.807, 2.05) is 54.6 Å². The van der Waals surface area contributed by atoms with Crippen molar-refractivity contribution in [2.75, 3.05) is 11.9 Å². The topological polar surface area (TPSA) is 69.0 Å². The second-order valence-electron chi connectivity index (χ2n) is 6.33. The molecular formula is C23H20N4O2. The molecule has 6 nitrogen and oxygen atoms in total. The van der Waals surface area contributed by atoms with Crippen LogP contribution >= 0.6 is 0 Å². The lowest BCUT2D eigenvalue weighted by Gasteiger charge is -2.12. The van der Waals surface area contributed by atoms with Crippen molar-refractivity contribution in [3.8, 4) is 22.7 Å². The number of carbonyl (C=O) groups excluding carboxylic acids is 1. The second-order valence-corrected chi connectivity index (χ2v) is 6.33. The fourth-order valence-electron chi connectivity index (χ4n) is 2.99. The van der Waals surface area contributed by atoms with E-state index in [1.54, 1.807) is 41.5 Å². The summed E-state index contributed by atoms with van der Waals surface area (Å²) in [5, 5.41) is 7.06. The fourth-order valence-corrected chi connectivity index (χ4v) is 2.99. The molecule has 1 N–H and O–H groups in total. The average molecular weight is 384 g/mol. The summed E-state index contributed by atoms with van der Waals surface area (Å²) in [6.45, 7) is 0.271. The lowest BCUT2D eigenvalue weighted by Crippen LogP contribution is -2.17. The highest BCUT2D eigenvalue weighted by Crippen LogP contribution is 2.29. The van der Waals surface area contributed by atoms with Crippen molar-refractivity contribution >= 4 is 11.6 Å². The van der Waals surface area contributed by atoms with Crippen LogP contribution in [0.15, 0.2) is 91.4 Å². The van der Waals surface area contributed by atoms with Gasteiger partial charge >= 0.3 is 0 Å². The quantitative estimate of drug-likeness (QED) is 0.515. The Balaban J connectivity index is 1.39. The summed E-state index contributed by atoms with van der Waals surface area (Å²) in [6, 6.07) is 23.2. The van der Waals surface area contributed by atoms with Crippen molar-refractivity contribution < 1.29 is 9.53 Å². The molecule has 29 heavy (non-hydrogen) atoms. The van der Waals surface area contributed by atoms with Crippen molar-refractivity contribution in [1.29, 1.82) is 0 Å². The first-order valence-electron chi connectivity index (χ1n) is 9.33. The SMILES string of the molecule is O=C(CCOc1ccccc1-c1ccccc1)Nc1cccnc1-n1cccn1. The molecule has 1 amide bonds. The van der Waals surface area contributed by atoms with Gasteiger partial charge in [-0.25, -0.2) is 9.67 Å². The molecule has 0 fully saturated rings. The van der Waals surface area contributed by atoms with Crippen LogP contribution in [-0.4, -0.2) is 27.3 Å². The standard InChI is InChI=1S/C23H20N4O2/c28-22(26-20-11-6-14-24-23(20)27-16-7-15-25-27)13-17-29-21-12-5-4-10-19(21)18-8-2-1-3-9-18/h1-12,14-16H,13,17H2,(H,26,28). The molecule has 0 spiro atoms. The van der Waals surface area contributed by atoms with Gasteiger partial charge in [0.25, 0.3) is 0 Å². The minimum atomic E-state index is -0.149. The molecule has 2 aromatic carbocycles. The van der Waals surface area contributed by atoms with Crippen LogP contribution in [0.2, 0.25) is 0 Å². The molecule has 0 radical (unpaired) electrons. The van der Waals surface area contributed by atoms with E-state index in [9.17, 15) is 4.79 Å². The molecule has 6 heteroatoms. The third kappa shape index (κ3) is 4.50. The first-order valence-corrected chi connectivity index (χ1v) is 9.33. The van der Waals surface area contributed by atoms with E-state index in [4.69, 9.17) is 4.74 Å². The summed E-state index contributed by atoms with van der Waals surface area (Å²) < 4.78 is 7.52. The molecule has 0 atom stereocenters. The number of nitrogens with zero attached hydrogens (tertiary/aromatic N) is 3. The molecule has 2 aromatic heterocycles. The molecule has 4 rings (SSSR count). The lowest BCUT2D eigenvalue weighted by molar-refractivity contribution is -0.116. The normalized spacial score (nSPS) is 10.5. The zero-order chi connectivity index (χ0) is 19.9. The van der Waals surface area contributed by atoms with Gasteiger partial charge in [-0.1, -0.05) is 48.5 Å². The minimum absolute atomic E-state index is 0.149. The molecule has 0 saturated carbocycles. The Morgan fingerprint density at radius 2 is 1.76 bits per heavy atom. The summed E-state index contributed by atoms with van der Waals surface area (Å²) >= 11 is 0. The van der Waals surface area contributed by atoms with E-state index in [0.29, 0.717) is 11.5 Å². The van der Waals surface area contributed by atoms with Crippen molar-refractivity contribution in [3.05, 3.63) is 91.4 Å². The van der Waals surface area contributed by atoms with Gasteiger partial charge in [0.2, 0.25) is 5.91 Å². The minimum Gasteiger partial charge on any atom is -0.492 e. The molecule has 4 aromatic rings. The number of ether oxygens (including phenoxy) is 1. The predicted molar refractivity (Wildman–Crippen MR) is 112 cm³/mol. The largest absolute Gasteiger partial charge is 0.492 e. The molecule has 2 heterocycles. The number of nitrogens with one attached hydrogen (secondary N) is 1. The maximum atomic E-state index is 12.4. The lowest BCUT2D eigenvalue weighted by atomic mass is 10.1. The third-order valence-electron chi connectivity index (χ3n) is 4.34. The Morgan fingerprint density at radius 3 is 2.59 bits per heavy atom.